The summed E-state index contributed by atoms with van der Waals surface area (Å²) in [5.74, 6) is 0.207. The molecule has 1 heteroatoms. The zero-order chi connectivity index (χ0) is 12.1. The summed E-state index contributed by atoms with van der Waals surface area (Å²) < 4.78 is 0. The highest BCUT2D eigenvalue weighted by Gasteiger charge is 2.41. The number of rotatable bonds is 3. The van der Waals surface area contributed by atoms with Crippen molar-refractivity contribution in [2.75, 3.05) is 0 Å². The van der Waals surface area contributed by atoms with Crippen LogP contribution in [0.4, 0.5) is 0 Å². The standard InChI is InChI=1S/C16H21N/c1-2-11-16(14-8-4-3-5-9-14)12-7-6-10-15(16)13-17/h3-5,8-9,15H,2,6-7,10-12H2,1H3. The minimum atomic E-state index is 0.128. The molecule has 0 bridgehead atoms. The molecular weight excluding hydrogens is 206 g/mol. The molecule has 0 aromatic heterocycles. The SMILES string of the molecule is CCCC1(c2ccccc2)CCCCC1C#N. The Morgan fingerprint density at radius 2 is 2.06 bits per heavy atom. The molecule has 1 aromatic carbocycles. The van der Waals surface area contributed by atoms with E-state index in [1.165, 1.54) is 24.8 Å². The Hall–Kier alpha value is -1.29. The van der Waals surface area contributed by atoms with Crippen molar-refractivity contribution in [3.63, 3.8) is 0 Å². The van der Waals surface area contributed by atoms with Gasteiger partial charge in [0.1, 0.15) is 0 Å². The van der Waals surface area contributed by atoms with Crippen molar-refractivity contribution in [2.24, 2.45) is 5.92 Å². The van der Waals surface area contributed by atoms with E-state index in [4.69, 9.17) is 0 Å². The number of nitrogens with zero attached hydrogens (tertiary/aromatic N) is 1. The summed E-state index contributed by atoms with van der Waals surface area (Å²) in [6.07, 6.45) is 7.06. The summed E-state index contributed by atoms with van der Waals surface area (Å²) in [5.41, 5.74) is 1.51. The molecule has 2 unspecified atom stereocenters. The summed E-state index contributed by atoms with van der Waals surface area (Å²) in [6.45, 7) is 2.23. The van der Waals surface area contributed by atoms with E-state index in [9.17, 15) is 5.26 Å². The highest BCUT2D eigenvalue weighted by atomic mass is 14.5. The van der Waals surface area contributed by atoms with Crippen LogP contribution in [0.3, 0.4) is 0 Å². The van der Waals surface area contributed by atoms with Crippen molar-refractivity contribution in [1.82, 2.24) is 0 Å². The lowest BCUT2D eigenvalue weighted by atomic mass is 9.61. The van der Waals surface area contributed by atoms with Crippen molar-refractivity contribution in [1.29, 1.82) is 5.26 Å². The first-order valence-electron chi connectivity index (χ1n) is 6.78. The first kappa shape index (κ1) is 12.2. The van der Waals surface area contributed by atoms with Crippen LogP contribution in [0, 0.1) is 17.2 Å². The van der Waals surface area contributed by atoms with Gasteiger partial charge in [-0.25, -0.2) is 0 Å². The Balaban J connectivity index is 2.40. The van der Waals surface area contributed by atoms with Gasteiger partial charge in [-0.2, -0.15) is 5.26 Å². The van der Waals surface area contributed by atoms with E-state index in [1.807, 2.05) is 0 Å². The summed E-state index contributed by atoms with van der Waals surface area (Å²) in [7, 11) is 0. The molecule has 1 saturated carbocycles. The van der Waals surface area contributed by atoms with E-state index in [0.717, 1.165) is 19.3 Å². The van der Waals surface area contributed by atoms with Gasteiger partial charge in [-0.3, -0.25) is 0 Å². The molecule has 1 fully saturated rings. The summed E-state index contributed by atoms with van der Waals surface area (Å²) in [6, 6.07) is 13.3. The first-order valence-corrected chi connectivity index (χ1v) is 6.78. The summed E-state index contributed by atoms with van der Waals surface area (Å²) in [5, 5.41) is 9.46. The molecule has 0 spiro atoms. The highest BCUT2D eigenvalue weighted by molar-refractivity contribution is 5.29. The molecule has 0 saturated heterocycles. The Morgan fingerprint density at radius 3 is 2.71 bits per heavy atom. The molecule has 0 amide bonds. The lowest BCUT2D eigenvalue weighted by Crippen LogP contribution is -2.37. The quantitative estimate of drug-likeness (QED) is 0.749. The van der Waals surface area contributed by atoms with Gasteiger partial charge in [0.2, 0.25) is 0 Å². The molecule has 0 radical (unpaired) electrons. The summed E-state index contributed by atoms with van der Waals surface area (Å²) in [4.78, 5) is 0. The van der Waals surface area contributed by atoms with Crippen molar-refractivity contribution in [3.05, 3.63) is 35.9 Å². The fourth-order valence-electron chi connectivity index (χ4n) is 3.43. The van der Waals surface area contributed by atoms with Crippen LogP contribution in [0.25, 0.3) is 0 Å². The lowest BCUT2D eigenvalue weighted by Gasteiger charge is -2.41. The monoisotopic (exact) mass is 227 g/mol. The second kappa shape index (κ2) is 5.36. The minimum absolute atomic E-state index is 0.128. The summed E-state index contributed by atoms with van der Waals surface area (Å²) >= 11 is 0. The maximum Gasteiger partial charge on any atom is 0.0665 e. The number of benzene rings is 1. The molecule has 2 rings (SSSR count). The predicted molar refractivity (Wildman–Crippen MR) is 70.6 cm³/mol. The van der Waals surface area contributed by atoms with Crippen molar-refractivity contribution in [3.8, 4) is 6.07 Å². The van der Waals surface area contributed by atoms with E-state index < -0.39 is 0 Å². The van der Waals surface area contributed by atoms with Crippen LogP contribution in [0.2, 0.25) is 0 Å². The Labute approximate surface area is 104 Å². The fraction of sp³-hybridized carbons (Fsp3) is 0.562. The third kappa shape index (κ3) is 2.22. The maximum atomic E-state index is 9.46. The van der Waals surface area contributed by atoms with Gasteiger partial charge in [0, 0.05) is 5.41 Å². The van der Waals surface area contributed by atoms with Crippen LogP contribution < -0.4 is 0 Å². The fourth-order valence-corrected chi connectivity index (χ4v) is 3.43. The third-order valence-corrected chi connectivity index (χ3v) is 4.23. The van der Waals surface area contributed by atoms with Gasteiger partial charge in [-0.05, 0) is 24.8 Å². The average molecular weight is 227 g/mol. The van der Waals surface area contributed by atoms with E-state index in [1.54, 1.807) is 0 Å². The Kier molecular flexibility index (Phi) is 3.84. The predicted octanol–water partition coefficient (Wildman–Crippen LogP) is 4.44. The minimum Gasteiger partial charge on any atom is -0.198 e. The van der Waals surface area contributed by atoms with Crippen molar-refractivity contribution >= 4 is 0 Å². The van der Waals surface area contributed by atoms with Gasteiger partial charge in [0.25, 0.3) is 0 Å². The Morgan fingerprint density at radius 1 is 1.29 bits per heavy atom. The first-order chi connectivity index (χ1) is 8.33. The molecule has 0 aliphatic heterocycles. The topological polar surface area (TPSA) is 23.8 Å². The maximum absolute atomic E-state index is 9.46. The lowest BCUT2D eigenvalue weighted by molar-refractivity contribution is 0.213. The van der Waals surface area contributed by atoms with Gasteiger partial charge in [0.15, 0.2) is 0 Å². The van der Waals surface area contributed by atoms with Crippen LogP contribution in [-0.4, -0.2) is 0 Å². The van der Waals surface area contributed by atoms with Gasteiger partial charge >= 0.3 is 0 Å². The zero-order valence-corrected chi connectivity index (χ0v) is 10.7. The van der Waals surface area contributed by atoms with Crippen LogP contribution in [-0.2, 0) is 5.41 Å². The van der Waals surface area contributed by atoms with Gasteiger partial charge in [0.05, 0.1) is 12.0 Å². The van der Waals surface area contributed by atoms with Crippen LogP contribution in [0.5, 0.6) is 0 Å². The largest absolute Gasteiger partial charge is 0.198 e. The van der Waals surface area contributed by atoms with Crippen LogP contribution in [0.1, 0.15) is 51.0 Å². The number of nitriles is 1. The molecule has 1 aromatic rings. The molecular formula is C16H21N. The van der Waals surface area contributed by atoms with E-state index in [-0.39, 0.29) is 11.3 Å². The van der Waals surface area contributed by atoms with E-state index in [0.29, 0.717) is 0 Å². The molecule has 17 heavy (non-hydrogen) atoms. The number of hydrogen-bond acceptors (Lipinski definition) is 1. The van der Waals surface area contributed by atoms with Gasteiger partial charge in [-0.1, -0.05) is 56.5 Å². The second-order valence-electron chi connectivity index (χ2n) is 5.20. The van der Waals surface area contributed by atoms with Gasteiger partial charge in [-0.15, -0.1) is 0 Å². The number of hydrogen-bond donors (Lipinski definition) is 0. The zero-order valence-electron chi connectivity index (χ0n) is 10.7. The molecule has 0 heterocycles. The molecule has 2 atom stereocenters. The normalized spacial score (nSPS) is 28.6. The van der Waals surface area contributed by atoms with Crippen molar-refractivity contribution in [2.45, 2.75) is 50.9 Å². The molecule has 1 aliphatic carbocycles. The Bertz CT molecular complexity index is 386. The molecule has 1 aliphatic rings. The molecule has 0 N–H and O–H groups in total. The van der Waals surface area contributed by atoms with Crippen molar-refractivity contribution < 1.29 is 0 Å². The van der Waals surface area contributed by atoms with Crippen LogP contribution >= 0.6 is 0 Å². The molecule has 90 valence electrons. The van der Waals surface area contributed by atoms with E-state index >= 15 is 0 Å². The highest BCUT2D eigenvalue weighted by Crippen LogP contribution is 2.46. The van der Waals surface area contributed by atoms with E-state index in [2.05, 4.69) is 43.3 Å². The smallest absolute Gasteiger partial charge is 0.0665 e. The third-order valence-electron chi connectivity index (χ3n) is 4.23. The van der Waals surface area contributed by atoms with Crippen LogP contribution in [0.15, 0.2) is 30.3 Å². The second-order valence-corrected chi connectivity index (χ2v) is 5.20. The average Bonchev–Trinajstić information content (AvgIpc) is 2.40. The van der Waals surface area contributed by atoms with Gasteiger partial charge < -0.3 is 0 Å². The molecule has 1 nitrogen and oxygen atoms in total.